The molecule has 0 radical (unpaired) electrons. The van der Waals surface area contributed by atoms with Crippen LogP contribution in [0.1, 0.15) is 40.5 Å². The largest absolute Gasteiger partial charge is 0.239 e. The van der Waals surface area contributed by atoms with Gasteiger partial charge in [-0.15, -0.1) is 0 Å². The molecule has 0 bridgehead atoms. The molecule has 0 saturated heterocycles. The molecule has 0 aromatic carbocycles. The molecule has 0 aliphatic carbocycles. The first-order valence-corrected chi connectivity index (χ1v) is 7.39. The summed E-state index contributed by atoms with van der Waals surface area (Å²) in [6, 6.07) is 2.23. The fourth-order valence-corrected chi connectivity index (χ4v) is 4.28. The van der Waals surface area contributed by atoms with Gasteiger partial charge in [-0.3, -0.25) is 0 Å². The number of nitriles is 1. The van der Waals surface area contributed by atoms with Crippen LogP contribution in [0.2, 0.25) is 0 Å². The van der Waals surface area contributed by atoms with E-state index < -0.39 is 10.0 Å². The predicted molar refractivity (Wildman–Crippen MR) is 63.5 cm³/mol. The Bertz CT molecular complexity index is 171. The topological polar surface area (TPSA) is 23.8 Å². The lowest BCUT2D eigenvalue weighted by Crippen LogP contribution is -2.22. The average Bonchev–Trinajstić information content (AvgIpc) is 2.03. The van der Waals surface area contributed by atoms with Gasteiger partial charge in [0.1, 0.15) is 0 Å². The van der Waals surface area contributed by atoms with E-state index in [4.69, 9.17) is 5.26 Å². The molecule has 0 N–H and O–H groups in total. The van der Waals surface area contributed by atoms with Crippen LogP contribution in [0.15, 0.2) is 0 Å². The van der Waals surface area contributed by atoms with Crippen LogP contribution < -0.4 is 0 Å². The first kappa shape index (κ1) is 12.8. The Morgan fingerprint density at radius 1 is 1.15 bits per heavy atom. The second-order valence-corrected chi connectivity index (χ2v) is 9.05. The van der Waals surface area contributed by atoms with E-state index in [0.29, 0.717) is 0 Å². The summed E-state index contributed by atoms with van der Waals surface area (Å²) in [5.74, 6) is 1.26. The van der Waals surface area contributed by atoms with E-state index in [-0.39, 0.29) is 0 Å². The van der Waals surface area contributed by atoms with Gasteiger partial charge in [-0.1, -0.05) is 27.7 Å². The number of unbranched alkanes of at least 4 members (excludes halogenated alkanes) is 1. The third-order valence-electron chi connectivity index (χ3n) is 3.03. The lowest BCUT2D eigenvalue weighted by atomic mass is 10.4. The summed E-state index contributed by atoms with van der Waals surface area (Å²) in [4.78, 5) is 0. The van der Waals surface area contributed by atoms with Crippen LogP contribution in [0, 0.1) is 11.3 Å². The number of hydrogen-bond donors (Lipinski definition) is 0. The van der Waals surface area contributed by atoms with Gasteiger partial charge in [-0.25, -0.2) is 10.0 Å². The monoisotopic (exact) mass is 201 g/mol. The van der Waals surface area contributed by atoms with E-state index in [1.165, 1.54) is 5.75 Å². The maximum Gasteiger partial charge on any atom is 0.0622 e. The van der Waals surface area contributed by atoms with Gasteiger partial charge in [0.2, 0.25) is 0 Å². The van der Waals surface area contributed by atoms with Crippen LogP contribution in [0.25, 0.3) is 0 Å². The Kier molecular flexibility index (Phi) is 5.48. The number of hydrogen-bond acceptors (Lipinski definition) is 1. The first-order valence-electron chi connectivity index (χ1n) is 5.05. The van der Waals surface area contributed by atoms with Gasteiger partial charge in [-0.05, 0) is 28.9 Å². The fraction of sp³-hybridized carbons (Fsp3) is 0.909. The van der Waals surface area contributed by atoms with Crippen molar-refractivity contribution in [2.75, 3.05) is 12.0 Å². The van der Waals surface area contributed by atoms with E-state index in [1.54, 1.807) is 0 Å². The Hall–Kier alpha value is -0.160. The summed E-state index contributed by atoms with van der Waals surface area (Å²) in [6.07, 6.45) is 4.24. The molecule has 0 aliphatic rings. The molecule has 0 rings (SSSR count). The van der Waals surface area contributed by atoms with Crippen molar-refractivity contribution >= 4 is 10.0 Å². The molecular formula is C11H23NS. The maximum absolute atomic E-state index is 8.50. The normalized spacial score (nSPS) is 13.4. The highest BCUT2D eigenvalue weighted by Gasteiger charge is 2.25. The van der Waals surface area contributed by atoms with Crippen LogP contribution in [0.5, 0.6) is 0 Å². The fourth-order valence-electron chi connectivity index (χ4n) is 1.48. The lowest BCUT2D eigenvalue weighted by molar-refractivity contribution is 0.933. The average molecular weight is 201 g/mol. The predicted octanol–water partition coefficient (Wildman–Crippen LogP) is 3.54. The maximum atomic E-state index is 8.50. The quantitative estimate of drug-likeness (QED) is 0.624. The number of rotatable bonds is 5. The smallest absolute Gasteiger partial charge is 0.0622 e. The first-order chi connectivity index (χ1) is 5.95. The minimum Gasteiger partial charge on any atom is -0.239 e. The molecule has 0 aromatic rings. The van der Waals surface area contributed by atoms with Gasteiger partial charge >= 0.3 is 0 Å². The molecule has 0 fully saturated rings. The zero-order valence-electron chi connectivity index (χ0n) is 9.63. The molecule has 0 atom stereocenters. The van der Waals surface area contributed by atoms with E-state index in [2.05, 4.69) is 40.0 Å². The Morgan fingerprint density at radius 2 is 1.62 bits per heavy atom. The van der Waals surface area contributed by atoms with E-state index in [1.807, 2.05) is 0 Å². The van der Waals surface area contributed by atoms with Crippen molar-refractivity contribution in [2.45, 2.75) is 51.0 Å². The van der Waals surface area contributed by atoms with E-state index in [0.717, 1.165) is 23.3 Å². The molecule has 0 aliphatic heterocycles. The molecule has 2 heteroatoms. The zero-order chi connectivity index (χ0) is 10.5. The molecule has 0 heterocycles. The lowest BCUT2D eigenvalue weighted by Gasteiger charge is -2.44. The van der Waals surface area contributed by atoms with Crippen molar-refractivity contribution in [3.8, 4) is 6.07 Å². The summed E-state index contributed by atoms with van der Waals surface area (Å²) in [6.45, 7) is 9.28. The molecule has 0 spiro atoms. The third kappa shape index (κ3) is 3.60. The van der Waals surface area contributed by atoms with Gasteiger partial charge < -0.3 is 0 Å². The Balaban J connectivity index is 4.19. The molecule has 0 amide bonds. The Morgan fingerprint density at radius 3 is 1.92 bits per heavy atom. The summed E-state index contributed by atoms with van der Waals surface area (Å²) in [5.41, 5.74) is 0. The van der Waals surface area contributed by atoms with Crippen LogP contribution >= 0.6 is 10.0 Å². The molecule has 1 nitrogen and oxygen atoms in total. The van der Waals surface area contributed by atoms with Crippen LogP contribution in [0.4, 0.5) is 0 Å². The molecule has 13 heavy (non-hydrogen) atoms. The van der Waals surface area contributed by atoms with Crippen molar-refractivity contribution in [1.82, 2.24) is 0 Å². The molecule has 78 valence electrons. The van der Waals surface area contributed by atoms with Crippen molar-refractivity contribution in [3.05, 3.63) is 0 Å². The molecule has 0 aromatic heterocycles. The summed E-state index contributed by atoms with van der Waals surface area (Å²) in [5, 5.41) is 10.1. The van der Waals surface area contributed by atoms with Crippen LogP contribution in [-0.2, 0) is 0 Å². The molecule has 0 unspecified atom stereocenters. The third-order valence-corrected chi connectivity index (χ3v) is 8.50. The van der Waals surface area contributed by atoms with Crippen molar-refractivity contribution in [1.29, 1.82) is 5.26 Å². The van der Waals surface area contributed by atoms with Crippen molar-refractivity contribution < 1.29 is 0 Å². The highest BCUT2D eigenvalue weighted by molar-refractivity contribution is 8.34. The van der Waals surface area contributed by atoms with Crippen LogP contribution in [0.3, 0.4) is 0 Å². The summed E-state index contributed by atoms with van der Waals surface area (Å²) in [7, 11) is -0.496. The number of nitrogens with zero attached hydrogens (tertiary/aromatic N) is 1. The van der Waals surface area contributed by atoms with Gasteiger partial charge in [-0.2, -0.15) is 5.26 Å². The molecular weight excluding hydrogens is 178 g/mol. The van der Waals surface area contributed by atoms with Gasteiger partial charge in [0.25, 0.3) is 0 Å². The van der Waals surface area contributed by atoms with Gasteiger partial charge in [0.15, 0.2) is 0 Å². The highest BCUT2D eigenvalue weighted by Crippen LogP contribution is 2.53. The van der Waals surface area contributed by atoms with E-state index >= 15 is 0 Å². The van der Waals surface area contributed by atoms with Crippen LogP contribution in [-0.4, -0.2) is 22.5 Å². The second kappa shape index (κ2) is 5.54. The van der Waals surface area contributed by atoms with Crippen molar-refractivity contribution in [3.63, 3.8) is 0 Å². The van der Waals surface area contributed by atoms with E-state index in [9.17, 15) is 0 Å². The van der Waals surface area contributed by atoms with Crippen molar-refractivity contribution in [2.24, 2.45) is 0 Å². The molecule has 0 saturated carbocycles. The second-order valence-electron chi connectivity index (χ2n) is 4.29. The standard InChI is InChI=1S/C11H23NS/c1-10(2)13(5,11(3)4)9-7-6-8-12/h10-11H,6-7,9H2,1-5H3. The summed E-state index contributed by atoms with van der Waals surface area (Å²) >= 11 is 0. The Labute approximate surface area is 84.8 Å². The van der Waals surface area contributed by atoms with Gasteiger partial charge in [0, 0.05) is 6.42 Å². The SMILES string of the molecule is CC(C)S(C)(CCCC#N)C(C)C. The minimum absolute atomic E-state index is 0.496. The van der Waals surface area contributed by atoms with Gasteiger partial charge in [0.05, 0.1) is 6.07 Å². The minimum atomic E-state index is -0.496. The summed E-state index contributed by atoms with van der Waals surface area (Å²) < 4.78 is 0. The zero-order valence-corrected chi connectivity index (χ0v) is 10.4. The highest BCUT2D eigenvalue weighted by atomic mass is 32.3.